The van der Waals surface area contributed by atoms with Gasteiger partial charge in [-0.1, -0.05) is 18.2 Å². The average molecular weight is 274 g/mol. The van der Waals surface area contributed by atoms with Crippen molar-refractivity contribution in [3.8, 4) is 5.75 Å². The number of oxazole rings is 1. The lowest BCUT2D eigenvalue weighted by Gasteiger charge is -2.16. The van der Waals surface area contributed by atoms with Gasteiger partial charge >= 0.3 is 0 Å². The molecule has 1 atom stereocenters. The number of benzene rings is 1. The van der Waals surface area contributed by atoms with Crippen molar-refractivity contribution in [1.82, 2.24) is 10.3 Å². The van der Waals surface area contributed by atoms with E-state index < -0.39 is 0 Å². The van der Waals surface area contributed by atoms with Crippen LogP contribution in [0.4, 0.5) is 0 Å². The predicted molar refractivity (Wildman–Crippen MR) is 78.7 cm³/mol. The Morgan fingerprint density at radius 3 is 2.65 bits per heavy atom. The van der Waals surface area contributed by atoms with E-state index in [9.17, 15) is 0 Å². The molecule has 20 heavy (non-hydrogen) atoms. The van der Waals surface area contributed by atoms with Crippen molar-refractivity contribution in [2.24, 2.45) is 0 Å². The summed E-state index contributed by atoms with van der Waals surface area (Å²) < 4.78 is 11.3. The molecule has 1 unspecified atom stereocenters. The molecule has 4 nitrogen and oxygen atoms in total. The van der Waals surface area contributed by atoms with Gasteiger partial charge in [-0.15, -0.1) is 0 Å². The molecule has 1 heterocycles. The van der Waals surface area contributed by atoms with E-state index in [1.165, 1.54) is 0 Å². The zero-order valence-electron chi connectivity index (χ0n) is 12.5. The number of ether oxygens (including phenoxy) is 1. The molecule has 1 N–H and O–H groups in total. The third kappa shape index (κ3) is 3.84. The first-order chi connectivity index (χ1) is 9.56. The summed E-state index contributed by atoms with van der Waals surface area (Å²) in [7, 11) is 0. The SMILES string of the molecule is Cc1cnc(C(C)NCc2ccccc2OC(C)C)o1. The Kier molecular flexibility index (Phi) is 4.79. The summed E-state index contributed by atoms with van der Waals surface area (Å²) >= 11 is 0. The molecule has 2 aromatic rings. The van der Waals surface area contributed by atoms with Crippen LogP contribution in [0.3, 0.4) is 0 Å². The maximum Gasteiger partial charge on any atom is 0.211 e. The summed E-state index contributed by atoms with van der Waals surface area (Å²) in [6.45, 7) is 8.71. The van der Waals surface area contributed by atoms with Gasteiger partial charge in [0.05, 0.1) is 18.3 Å². The number of nitrogens with zero attached hydrogens (tertiary/aromatic N) is 1. The van der Waals surface area contributed by atoms with Crippen molar-refractivity contribution in [2.75, 3.05) is 0 Å². The fraction of sp³-hybridized carbons (Fsp3) is 0.438. The lowest BCUT2D eigenvalue weighted by atomic mass is 10.2. The van der Waals surface area contributed by atoms with Gasteiger partial charge in [-0.2, -0.15) is 0 Å². The van der Waals surface area contributed by atoms with E-state index in [2.05, 4.69) is 16.4 Å². The van der Waals surface area contributed by atoms with Crippen molar-refractivity contribution in [3.63, 3.8) is 0 Å². The van der Waals surface area contributed by atoms with Crippen LogP contribution in [0.2, 0.25) is 0 Å². The number of hydrogen-bond acceptors (Lipinski definition) is 4. The Labute approximate surface area is 120 Å². The van der Waals surface area contributed by atoms with Gasteiger partial charge < -0.3 is 14.5 Å². The quantitative estimate of drug-likeness (QED) is 0.874. The van der Waals surface area contributed by atoms with E-state index in [1.807, 2.05) is 45.9 Å². The van der Waals surface area contributed by atoms with Crippen LogP contribution in [-0.2, 0) is 6.54 Å². The van der Waals surface area contributed by atoms with Gasteiger partial charge in [0.1, 0.15) is 11.5 Å². The Balaban J connectivity index is 2.00. The molecule has 0 saturated carbocycles. The minimum atomic E-state index is 0.0656. The second kappa shape index (κ2) is 6.57. The van der Waals surface area contributed by atoms with Crippen LogP contribution in [0.25, 0.3) is 0 Å². The summed E-state index contributed by atoms with van der Waals surface area (Å²) in [6.07, 6.45) is 1.91. The van der Waals surface area contributed by atoms with E-state index in [0.717, 1.165) is 17.1 Å². The van der Waals surface area contributed by atoms with Gasteiger partial charge in [0, 0.05) is 12.1 Å². The maximum atomic E-state index is 5.81. The Morgan fingerprint density at radius 2 is 2.00 bits per heavy atom. The molecule has 0 spiro atoms. The number of para-hydroxylation sites is 1. The van der Waals surface area contributed by atoms with Crippen LogP contribution in [0, 0.1) is 6.92 Å². The molecule has 0 bridgehead atoms. The van der Waals surface area contributed by atoms with E-state index in [-0.39, 0.29) is 12.1 Å². The number of aryl methyl sites for hydroxylation is 1. The highest BCUT2D eigenvalue weighted by molar-refractivity contribution is 5.33. The average Bonchev–Trinajstić information content (AvgIpc) is 2.83. The van der Waals surface area contributed by atoms with Gasteiger partial charge in [-0.3, -0.25) is 0 Å². The fourth-order valence-electron chi connectivity index (χ4n) is 1.94. The zero-order chi connectivity index (χ0) is 14.5. The molecular weight excluding hydrogens is 252 g/mol. The molecule has 0 radical (unpaired) electrons. The zero-order valence-corrected chi connectivity index (χ0v) is 12.5. The third-order valence-corrected chi connectivity index (χ3v) is 2.94. The lowest BCUT2D eigenvalue weighted by molar-refractivity contribution is 0.239. The normalized spacial score (nSPS) is 12.7. The van der Waals surface area contributed by atoms with Gasteiger partial charge in [0.2, 0.25) is 5.89 Å². The summed E-state index contributed by atoms with van der Waals surface area (Å²) in [5.74, 6) is 2.47. The molecule has 1 aromatic carbocycles. The van der Waals surface area contributed by atoms with Crippen molar-refractivity contribution >= 4 is 0 Å². The maximum absolute atomic E-state index is 5.81. The second-order valence-electron chi connectivity index (χ2n) is 5.19. The molecule has 0 aliphatic heterocycles. The summed E-state index contributed by atoms with van der Waals surface area (Å²) in [5.41, 5.74) is 1.14. The molecule has 0 aliphatic carbocycles. The molecule has 1 aromatic heterocycles. The van der Waals surface area contributed by atoms with Crippen molar-refractivity contribution in [3.05, 3.63) is 47.7 Å². The summed E-state index contributed by atoms with van der Waals surface area (Å²) in [4.78, 5) is 4.24. The predicted octanol–water partition coefficient (Wildman–Crippen LogP) is 3.62. The van der Waals surface area contributed by atoms with E-state index >= 15 is 0 Å². The molecule has 4 heteroatoms. The molecule has 0 fully saturated rings. The van der Waals surface area contributed by atoms with Crippen LogP contribution in [0.5, 0.6) is 5.75 Å². The first-order valence-corrected chi connectivity index (χ1v) is 6.96. The van der Waals surface area contributed by atoms with E-state index in [1.54, 1.807) is 6.20 Å². The highest BCUT2D eigenvalue weighted by Crippen LogP contribution is 2.20. The van der Waals surface area contributed by atoms with E-state index in [0.29, 0.717) is 12.4 Å². The molecule has 0 aliphatic rings. The number of nitrogens with one attached hydrogen (secondary N) is 1. The molecule has 0 amide bonds. The van der Waals surface area contributed by atoms with Crippen LogP contribution in [-0.4, -0.2) is 11.1 Å². The monoisotopic (exact) mass is 274 g/mol. The van der Waals surface area contributed by atoms with Crippen molar-refractivity contribution < 1.29 is 9.15 Å². The third-order valence-electron chi connectivity index (χ3n) is 2.94. The van der Waals surface area contributed by atoms with Gasteiger partial charge in [-0.25, -0.2) is 4.98 Å². The van der Waals surface area contributed by atoms with Crippen LogP contribution < -0.4 is 10.1 Å². The minimum Gasteiger partial charge on any atom is -0.491 e. The Hall–Kier alpha value is -1.81. The minimum absolute atomic E-state index is 0.0656. The topological polar surface area (TPSA) is 47.3 Å². The van der Waals surface area contributed by atoms with Gasteiger partial charge in [-0.05, 0) is 33.8 Å². The highest BCUT2D eigenvalue weighted by Gasteiger charge is 2.12. The molecule has 0 saturated heterocycles. The van der Waals surface area contributed by atoms with Gasteiger partial charge in [0.25, 0.3) is 0 Å². The van der Waals surface area contributed by atoms with Crippen LogP contribution >= 0.6 is 0 Å². The van der Waals surface area contributed by atoms with Crippen molar-refractivity contribution in [1.29, 1.82) is 0 Å². The molecular formula is C16H22N2O2. The highest BCUT2D eigenvalue weighted by atomic mass is 16.5. The first kappa shape index (κ1) is 14.6. The summed E-state index contributed by atoms with van der Waals surface area (Å²) in [6, 6.07) is 8.14. The first-order valence-electron chi connectivity index (χ1n) is 6.96. The number of rotatable bonds is 6. The fourth-order valence-corrected chi connectivity index (χ4v) is 1.94. The Bertz CT molecular complexity index is 549. The largest absolute Gasteiger partial charge is 0.491 e. The van der Waals surface area contributed by atoms with Gasteiger partial charge in [0.15, 0.2) is 0 Å². The molecule has 2 rings (SSSR count). The lowest BCUT2D eigenvalue weighted by Crippen LogP contribution is -2.19. The smallest absolute Gasteiger partial charge is 0.211 e. The van der Waals surface area contributed by atoms with Crippen LogP contribution in [0.15, 0.2) is 34.9 Å². The number of aromatic nitrogens is 1. The Morgan fingerprint density at radius 1 is 1.25 bits per heavy atom. The molecule has 108 valence electrons. The van der Waals surface area contributed by atoms with E-state index in [4.69, 9.17) is 9.15 Å². The van der Waals surface area contributed by atoms with Crippen molar-refractivity contribution in [2.45, 2.75) is 46.4 Å². The van der Waals surface area contributed by atoms with Crippen LogP contribution in [0.1, 0.15) is 44.0 Å². The number of hydrogen-bond donors (Lipinski definition) is 1. The standard InChI is InChI=1S/C16H22N2O2/c1-11(2)19-15-8-6-5-7-14(15)10-17-13(4)16-18-9-12(3)20-16/h5-9,11,13,17H,10H2,1-4H3. The second-order valence-corrected chi connectivity index (χ2v) is 5.19. The summed E-state index contributed by atoms with van der Waals surface area (Å²) in [5, 5.41) is 3.41.